The third kappa shape index (κ3) is 2.72. The van der Waals surface area contributed by atoms with Gasteiger partial charge in [-0.15, -0.1) is 0 Å². The largest absolute Gasteiger partial charge is 0.478 e. The van der Waals surface area contributed by atoms with E-state index in [0.29, 0.717) is 0 Å². The summed E-state index contributed by atoms with van der Waals surface area (Å²) in [5.41, 5.74) is 5.30. The summed E-state index contributed by atoms with van der Waals surface area (Å²) < 4.78 is 0. The molecule has 3 rings (SSSR count). The number of benzene rings is 2. The smallest absolute Gasteiger partial charge is 0.335 e. The normalized spacial score (nSPS) is 10.4. The van der Waals surface area contributed by atoms with Crippen molar-refractivity contribution in [1.82, 2.24) is 9.97 Å². The zero-order valence-electron chi connectivity index (χ0n) is 12.0. The van der Waals surface area contributed by atoms with Gasteiger partial charge in [0.1, 0.15) is 0 Å². The summed E-state index contributed by atoms with van der Waals surface area (Å²) >= 11 is 0. The van der Waals surface area contributed by atoms with Gasteiger partial charge in [-0.2, -0.15) is 0 Å². The highest BCUT2D eigenvalue weighted by Gasteiger charge is 2.07. The van der Waals surface area contributed by atoms with Gasteiger partial charge in [-0.05, 0) is 41.8 Å². The fourth-order valence-electron chi connectivity index (χ4n) is 2.39. The van der Waals surface area contributed by atoms with Crippen molar-refractivity contribution in [2.45, 2.75) is 6.92 Å². The molecule has 108 valence electrons. The van der Waals surface area contributed by atoms with E-state index in [1.54, 1.807) is 30.7 Å². The Bertz CT molecular complexity index is 812. The fraction of sp³-hybridized carbons (Fsp3) is 0.0556. The number of carbonyl (C=O) groups is 1. The molecule has 0 bridgehead atoms. The van der Waals surface area contributed by atoms with Gasteiger partial charge in [0.05, 0.1) is 17.5 Å². The van der Waals surface area contributed by atoms with Crippen LogP contribution in [0.25, 0.3) is 22.4 Å². The summed E-state index contributed by atoms with van der Waals surface area (Å²) in [5.74, 6) is -0.915. The van der Waals surface area contributed by atoms with Crippen LogP contribution in [0.15, 0.2) is 61.1 Å². The van der Waals surface area contributed by atoms with Crippen molar-refractivity contribution in [2.75, 3.05) is 0 Å². The Balaban J connectivity index is 1.97. The van der Waals surface area contributed by atoms with E-state index in [0.717, 1.165) is 27.9 Å². The highest BCUT2D eigenvalue weighted by atomic mass is 16.4. The van der Waals surface area contributed by atoms with Crippen LogP contribution >= 0.6 is 0 Å². The van der Waals surface area contributed by atoms with Crippen molar-refractivity contribution in [3.63, 3.8) is 0 Å². The first kappa shape index (κ1) is 13.9. The monoisotopic (exact) mass is 290 g/mol. The van der Waals surface area contributed by atoms with Crippen molar-refractivity contribution in [3.05, 3.63) is 72.2 Å². The number of hydrogen-bond donors (Lipinski definition) is 1. The van der Waals surface area contributed by atoms with E-state index < -0.39 is 5.97 Å². The third-order valence-corrected chi connectivity index (χ3v) is 3.53. The van der Waals surface area contributed by atoms with Crippen LogP contribution in [0.4, 0.5) is 0 Å². The minimum atomic E-state index is -0.915. The molecule has 0 radical (unpaired) electrons. The van der Waals surface area contributed by atoms with Gasteiger partial charge in [-0.25, -0.2) is 4.79 Å². The Labute approximate surface area is 128 Å². The number of carboxylic acids is 1. The predicted octanol–water partition coefficient (Wildman–Crippen LogP) is 3.82. The fourth-order valence-corrected chi connectivity index (χ4v) is 2.39. The number of rotatable bonds is 3. The number of aromatic carboxylic acids is 1. The highest BCUT2D eigenvalue weighted by Crippen LogP contribution is 2.27. The lowest BCUT2D eigenvalue weighted by molar-refractivity contribution is 0.0697. The molecule has 3 aromatic rings. The zero-order valence-corrected chi connectivity index (χ0v) is 12.0. The molecular weight excluding hydrogens is 276 g/mol. The van der Waals surface area contributed by atoms with Crippen LogP contribution in [-0.2, 0) is 0 Å². The molecule has 1 N–H and O–H groups in total. The van der Waals surface area contributed by atoms with Gasteiger partial charge < -0.3 is 5.11 Å². The first-order chi connectivity index (χ1) is 10.6. The molecule has 0 saturated carbocycles. The van der Waals surface area contributed by atoms with Gasteiger partial charge in [-0.3, -0.25) is 9.97 Å². The first-order valence-electron chi connectivity index (χ1n) is 6.86. The number of hydrogen-bond acceptors (Lipinski definition) is 3. The first-order valence-corrected chi connectivity index (χ1v) is 6.86. The van der Waals surface area contributed by atoms with Crippen molar-refractivity contribution < 1.29 is 9.90 Å². The van der Waals surface area contributed by atoms with E-state index in [2.05, 4.69) is 16.0 Å². The zero-order chi connectivity index (χ0) is 15.5. The van der Waals surface area contributed by atoms with Gasteiger partial charge in [-0.1, -0.05) is 24.3 Å². The van der Waals surface area contributed by atoms with Crippen LogP contribution in [-0.4, -0.2) is 21.0 Å². The molecule has 0 unspecified atom stereocenters. The summed E-state index contributed by atoms with van der Waals surface area (Å²) in [6.45, 7) is 2.03. The lowest BCUT2D eigenvalue weighted by atomic mass is 9.97. The molecule has 0 atom stereocenters. The van der Waals surface area contributed by atoms with Crippen LogP contribution in [0.3, 0.4) is 0 Å². The molecular formula is C18H14N2O2. The molecule has 0 aliphatic carbocycles. The molecule has 22 heavy (non-hydrogen) atoms. The second-order valence-corrected chi connectivity index (χ2v) is 5.00. The van der Waals surface area contributed by atoms with E-state index in [1.165, 1.54) is 0 Å². The van der Waals surface area contributed by atoms with Crippen molar-refractivity contribution in [2.24, 2.45) is 0 Å². The second kappa shape index (κ2) is 5.77. The molecule has 2 aromatic carbocycles. The summed E-state index contributed by atoms with van der Waals surface area (Å²) in [6, 6.07) is 13.0. The SMILES string of the molecule is Cc1cc(-c2cnccn2)ccc1-c1ccc(C(=O)O)cc1. The van der Waals surface area contributed by atoms with Gasteiger partial charge in [0.2, 0.25) is 0 Å². The number of aromatic nitrogens is 2. The average molecular weight is 290 g/mol. The van der Waals surface area contributed by atoms with Gasteiger partial charge >= 0.3 is 5.97 Å². The second-order valence-electron chi connectivity index (χ2n) is 5.00. The highest BCUT2D eigenvalue weighted by molar-refractivity contribution is 5.88. The number of carboxylic acid groups (broad SMARTS) is 1. The summed E-state index contributed by atoms with van der Waals surface area (Å²) in [6.07, 6.45) is 5.05. The molecule has 4 heteroatoms. The van der Waals surface area contributed by atoms with Crippen LogP contribution in [0.5, 0.6) is 0 Å². The Morgan fingerprint density at radius 2 is 1.73 bits per heavy atom. The molecule has 1 aromatic heterocycles. The van der Waals surface area contributed by atoms with Gasteiger partial charge in [0.25, 0.3) is 0 Å². The summed E-state index contributed by atoms with van der Waals surface area (Å²) in [5, 5.41) is 8.95. The lowest BCUT2D eigenvalue weighted by Gasteiger charge is -2.09. The standard InChI is InChI=1S/C18H14N2O2/c1-12-10-15(17-11-19-8-9-20-17)6-7-16(12)13-2-4-14(5-3-13)18(21)22/h2-11H,1H3,(H,21,22). The summed E-state index contributed by atoms with van der Waals surface area (Å²) in [4.78, 5) is 19.3. The van der Waals surface area contributed by atoms with Crippen LogP contribution in [0.2, 0.25) is 0 Å². The van der Waals surface area contributed by atoms with Crippen molar-refractivity contribution >= 4 is 5.97 Å². The Morgan fingerprint density at radius 1 is 1.00 bits per heavy atom. The van der Waals surface area contributed by atoms with Crippen molar-refractivity contribution in [1.29, 1.82) is 0 Å². The van der Waals surface area contributed by atoms with Gasteiger partial charge in [0.15, 0.2) is 0 Å². The molecule has 0 spiro atoms. The average Bonchev–Trinajstić information content (AvgIpc) is 2.56. The van der Waals surface area contributed by atoms with Gasteiger partial charge in [0, 0.05) is 18.0 Å². The topological polar surface area (TPSA) is 63.1 Å². The van der Waals surface area contributed by atoms with Crippen LogP contribution in [0, 0.1) is 6.92 Å². The maximum Gasteiger partial charge on any atom is 0.335 e. The molecule has 0 amide bonds. The molecule has 0 aliphatic heterocycles. The Hall–Kier alpha value is -3.01. The molecule has 0 fully saturated rings. The third-order valence-electron chi connectivity index (χ3n) is 3.53. The number of aryl methyl sites for hydroxylation is 1. The molecule has 1 heterocycles. The minimum Gasteiger partial charge on any atom is -0.478 e. The van der Waals surface area contributed by atoms with Crippen LogP contribution in [0.1, 0.15) is 15.9 Å². The number of nitrogens with zero attached hydrogens (tertiary/aromatic N) is 2. The lowest BCUT2D eigenvalue weighted by Crippen LogP contribution is -1.95. The van der Waals surface area contributed by atoms with Crippen molar-refractivity contribution in [3.8, 4) is 22.4 Å². The quantitative estimate of drug-likeness (QED) is 0.796. The molecule has 0 saturated heterocycles. The van der Waals surface area contributed by atoms with Crippen LogP contribution < -0.4 is 0 Å². The van der Waals surface area contributed by atoms with E-state index in [1.807, 2.05) is 31.2 Å². The Kier molecular flexibility index (Phi) is 3.66. The summed E-state index contributed by atoms with van der Waals surface area (Å²) in [7, 11) is 0. The molecule has 4 nitrogen and oxygen atoms in total. The van der Waals surface area contributed by atoms with E-state index in [9.17, 15) is 4.79 Å². The maximum absolute atomic E-state index is 10.9. The molecule has 0 aliphatic rings. The van der Waals surface area contributed by atoms with E-state index >= 15 is 0 Å². The van der Waals surface area contributed by atoms with E-state index in [4.69, 9.17) is 5.11 Å². The maximum atomic E-state index is 10.9. The predicted molar refractivity (Wildman–Crippen MR) is 84.6 cm³/mol. The minimum absolute atomic E-state index is 0.289. The van der Waals surface area contributed by atoms with E-state index in [-0.39, 0.29) is 5.56 Å². The Morgan fingerprint density at radius 3 is 2.32 bits per heavy atom.